The number of carbonyl (C=O) groups is 2. The van der Waals surface area contributed by atoms with Crippen LogP contribution in [0.3, 0.4) is 0 Å². The van der Waals surface area contributed by atoms with Crippen molar-refractivity contribution in [3.63, 3.8) is 0 Å². The van der Waals surface area contributed by atoms with Gasteiger partial charge in [-0.05, 0) is 17.0 Å². The van der Waals surface area contributed by atoms with Gasteiger partial charge in [-0.3, -0.25) is 4.79 Å². The van der Waals surface area contributed by atoms with Crippen LogP contribution in [-0.4, -0.2) is 29.6 Å². The van der Waals surface area contributed by atoms with Crippen molar-refractivity contribution in [2.24, 2.45) is 0 Å². The summed E-state index contributed by atoms with van der Waals surface area (Å²) in [6.45, 7) is -0.243. The third-order valence-electron chi connectivity index (χ3n) is 4.02. The molecule has 0 heterocycles. The Morgan fingerprint density at radius 2 is 1.62 bits per heavy atom. The van der Waals surface area contributed by atoms with E-state index in [1.54, 1.807) is 6.07 Å². The summed E-state index contributed by atoms with van der Waals surface area (Å²) in [5.74, 6) is -0.957. The summed E-state index contributed by atoms with van der Waals surface area (Å²) in [5.41, 5.74) is 0.843. The fraction of sp³-hybridized carbons (Fsp3) is 0.143. The van der Waals surface area contributed by atoms with Crippen LogP contribution in [0.25, 0.3) is 10.8 Å². The summed E-state index contributed by atoms with van der Waals surface area (Å²) in [7, 11) is 0. The van der Waals surface area contributed by atoms with E-state index in [4.69, 9.17) is 4.74 Å². The third-order valence-corrected chi connectivity index (χ3v) is 4.02. The average molecular weight is 349 g/mol. The molecule has 0 aliphatic carbocycles. The molecule has 5 nitrogen and oxygen atoms in total. The third kappa shape index (κ3) is 4.39. The smallest absolute Gasteiger partial charge is 0.326 e. The topological polar surface area (TPSA) is 75.6 Å². The first kappa shape index (κ1) is 17.5. The van der Waals surface area contributed by atoms with Crippen LogP contribution in [0.2, 0.25) is 0 Å². The highest BCUT2D eigenvalue weighted by Gasteiger charge is 2.20. The highest BCUT2D eigenvalue weighted by Crippen LogP contribution is 2.24. The monoisotopic (exact) mass is 349 g/mol. The molecule has 1 atom stereocenters. The van der Waals surface area contributed by atoms with Gasteiger partial charge in [0.15, 0.2) is 6.61 Å². The molecule has 3 aromatic carbocycles. The number of amides is 1. The first-order valence-electron chi connectivity index (χ1n) is 8.30. The fourth-order valence-corrected chi connectivity index (χ4v) is 2.75. The highest BCUT2D eigenvalue weighted by molar-refractivity contribution is 5.89. The number of hydrogen-bond donors (Lipinski definition) is 2. The van der Waals surface area contributed by atoms with Crippen LogP contribution < -0.4 is 10.1 Å². The van der Waals surface area contributed by atoms with Crippen LogP contribution in [-0.2, 0) is 16.0 Å². The second kappa shape index (κ2) is 8.16. The molecule has 3 rings (SSSR count). The van der Waals surface area contributed by atoms with Crippen LogP contribution in [0.1, 0.15) is 5.56 Å². The Balaban J connectivity index is 1.62. The molecule has 1 amide bonds. The molecule has 0 spiro atoms. The van der Waals surface area contributed by atoms with E-state index >= 15 is 0 Å². The van der Waals surface area contributed by atoms with Gasteiger partial charge in [0.05, 0.1) is 0 Å². The minimum Gasteiger partial charge on any atom is -0.483 e. The molecular formula is C21H19NO4. The molecule has 0 saturated heterocycles. The van der Waals surface area contributed by atoms with E-state index in [2.05, 4.69) is 5.32 Å². The van der Waals surface area contributed by atoms with Gasteiger partial charge in [-0.25, -0.2) is 4.79 Å². The molecule has 0 unspecified atom stereocenters. The van der Waals surface area contributed by atoms with Gasteiger partial charge in [0.1, 0.15) is 11.8 Å². The molecular weight excluding hydrogens is 330 g/mol. The number of rotatable bonds is 7. The first-order chi connectivity index (χ1) is 12.6. The van der Waals surface area contributed by atoms with Crippen molar-refractivity contribution < 1.29 is 19.4 Å². The molecule has 0 aliphatic heterocycles. The molecule has 0 fully saturated rings. The molecule has 0 bridgehead atoms. The lowest BCUT2D eigenvalue weighted by molar-refractivity contribution is -0.142. The lowest BCUT2D eigenvalue weighted by Crippen LogP contribution is -2.44. The van der Waals surface area contributed by atoms with Crippen molar-refractivity contribution in [3.8, 4) is 5.75 Å². The minimum absolute atomic E-state index is 0.218. The average Bonchev–Trinajstić information content (AvgIpc) is 2.66. The Kier molecular flexibility index (Phi) is 5.49. The van der Waals surface area contributed by atoms with Crippen LogP contribution in [0, 0.1) is 0 Å². The number of ether oxygens (including phenoxy) is 1. The van der Waals surface area contributed by atoms with E-state index in [0.717, 1.165) is 16.3 Å². The molecule has 26 heavy (non-hydrogen) atoms. The predicted octanol–water partition coefficient (Wildman–Crippen LogP) is 3.03. The van der Waals surface area contributed by atoms with E-state index in [0.29, 0.717) is 5.75 Å². The summed E-state index contributed by atoms with van der Waals surface area (Å²) in [6, 6.07) is 21.5. The Morgan fingerprint density at radius 3 is 2.38 bits per heavy atom. The molecule has 0 aromatic heterocycles. The van der Waals surface area contributed by atoms with Gasteiger partial charge in [0.25, 0.3) is 5.91 Å². The number of carboxylic acid groups (broad SMARTS) is 1. The standard InChI is InChI=1S/C21H19NO4/c23-20(22-18(21(24)25)13-15-7-2-1-3-8-15)14-26-19-12-6-10-16-9-4-5-11-17(16)19/h1-12,18H,13-14H2,(H,22,23)(H,24,25)/t18-/m1/s1. The van der Waals surface area contributed by atoms with Gasteiger partial charge in [-0.15, -0.1) is 0 Å². The largest absolute Gasteiger partial charge is 0.483 e. The molecule has 2 N–H and O–H groups in total. The molecule has 132 valence electrons. The number of aliphatic carboxylic acids is 1. The molecule has 0 aliphatic rings. The Bertz CT molecular complexity index is 903. The van der Waals surface area contributed by atoms with Crippen molar-refractivity contribution in [1.82, 2.24) is 5.32 Å². The fourth-order valence-electron chi connectivity index (χ4n) is 2.75. The summed E-state index contributed by atoms with van der Waals surface area (Å²) in [6.07, 6.45) is 0.218. The van der Waals surface area contributed by atoms with Crippen LogP contribution >= 0.6 is 0 Å². The van der Waals surface area contributed by atoms with Gasteiger partial charge in [0, 0.05) is 11.8 Å². The van der Waals surface area contributed by atoms with Gasteiger partial charge >= 0.3 is 5.97 Å². The van der Waals surface area contributed by atoms with E-state index < -0.39 is 17.9 Å². The summed E-state index contributed by atoms with van der Waals surface area (Å²) in [5, 5.41) is 13.8. The second-order valence-corrected chi connectivity index (χ2v) is 5.91. The van der Waals surface area contributed by atoms with Gasteiger partial charge in [-0.2, -0.15) is 0 Å². The van der Waals surface area contributed by atoms with Crippen molar-refractivity contribution >= 4 is 22.6 Å². The van der Waals surface area contributed by atoms with Crippen molar-refractivity contribution in [2.75, 3.05) is 6.61 Å². The Morgan fingerprint density at radius 1 is 0.923 bits per heavy atom. The lowest BCUT2D eigenvalue weighted by Gasteiger charge is -2.15. The lowest BCUT2D eigenvalue weighted by atomic mass is 10.1. The van der Waals surface area contributed by atoms with Crippen molar-refractivity contribution in [3.05, 3.63) is 78.4 Å². The molecule has 0 saturated carbocycles. The van der Waals surface area contributed by atoms with E-state index in [9.17, 15) is 14.7 Å². The maximum absolute atomic E-state index is 12.2. The van der Waals surface area contributed by atoms with Crippen LogP contribution in [0.15, 0.2) is 72.8 Å². The number of benzene rings is 3. The number of carboxylic acids is 1. The molecule has 3 aromatic rings. The zero-order valence-electron chi connectivity index (χ0n) is 14.1. The number of carbonyl (C=O) groups excluding carboxylic acids is 1. The molecule has 0 radical (unpaired) electrons. The quantitative estimate of drug-likeness (QED) is 0.687. The van der Waals surface area contributed by atoms with E-state index in [1.165, 1.54) is 0 Å². The summed E-state index contributed by atoms with van der Waals surface area (Å²) in [4.78, 5) is 23.6. The highest BCUT2D eigenvalue weighted by atomic mass is 16.5. The maximum atomic E-state index is 12.2. The zero-order valence-corrected chi connectivity index (χ0v) is 14.1. The summed E-state index contributed by atoms with van der Waals surface area (Å²) >= 11 is 0. The van der Waals surface area contributed by atoms with Gasteiger partial charge < -0.3 is 15.2 Å². The van der Waals surface area contributed by atoms with Gasteiger partial charge in [-0.1, -0.05) is 66.7 Å². The van der Waals surface area contributed by atoms with Crippen molar-refractivity contribution in [1.29, 1.82) is 0 Å². The predicted molar refractivity (Wildman–Crippen MR) is 99.2 cm³/mol. The number of fused-ring (bicyclic) bond motifs is 1. The Labute approximate surface area is 151 Å². The zero-order chi connectivity index (χ0) is 18.4. The van der Waals surface area contributed by atoms with Crippen molar-refractivity contribution in [2.45, 2.75) is 12.5 Å². The SMILES string of the molecule is O=C(COc1cccc2ccccc12)N[C@H](Cc1ccccc1)C(=O)O. The summed E-state index contributed by atoms with van der Waals surface area (Å²) < 4.78 is 5.61. The van der Waals surface area contributed by atoms with E-state index in [1.807, 2.05) is 66.7 Å². The number of nitrogens with one attached hydrogen (secondary N) is 1. The Hall–Kier alpha value is -3.34. The van der Waals surface area contributed by atoms with Crippen LogP contribution in [0.4, 0.5) is 0 Å². The minimum atomic E-state index is -1.08. The second-order valence-electron chi connectivity index (χ2n) is 5.91. The number of hydrogen-bond acceptors (Lipinski definition) is 3. The molecule has 5 heteroatoms. The normalized spacial score (nSPS) is 11.7. The maximum Gasteiger partial charge on any atom is 0.326 e. The van der Waals surface area contributed by atoms with E-state index in [-0.39, 0.29) is 13.0 Å². The first-order valence-corrected chi connectivity index (χ1v) is 8.30. The van der Waals surface area contributed by atoms with Crippen LogP contribution in [0.5, 0.6) is 5.75 Å². The van der Waals surface area contributed by atoms with Gasteiger partial charge in [0.2, 0.25) is 0 Å².